The largest absolute Gasteiger partial charge is 0.482 e. The molecule has 0 bridgehead atoms. The maximum absolute atomic E-state index is 14.2. The highest BCUT2D eigenvalue weighted by Crippen LogP contribution is 2.28. The first-order valence-corrected chi connectivity index (χ1v) is 10.7. The summed E-state index contributed by atoms with van der Waals surface area (Å²) in [7, 11) is 0. The molecule has 1 fully saturated rings. The molecule has 8 nitrogen and oxygen atoms in total. The van der Waals surface area contributed by atoms with Crippen LogP contribution >= 0.6 is 11.6 Å². The highest BCUT2D eigenvalue weighted by Gasteiger charge is 2.37. The summed E-state index contributed by atoms with van der Waals surface area (Å²) in [4.78, 5) is 50.0. The Morgan fingerprint density at radius 2 is 1.69 bits per heavy atom. The van der Waals surface area contributed by atoms with Crippen LogP contribution in [0.3, 0.4) is 0 Å². The third-order valence-electron chi connectivity index (χ3n) is 4.97. The molecule has 182 valence electrons. The van der Waals surface area contributed by atoms with Gasteiger partial charge in [0.15, 0.2) is 6.61 Å². The molecule has 0 atom stereocenters. The molecule has 4 rings (SSSR count). The van der Waals surface area contributed by atoms with Gasteiger partial charge in [-0.2, -0.15) is 0 Å². The lowest BCUT2D eigenvalue weighted by molar-refractivity contribution is -0.122. The number of imide groups is 2. The van der Waals surface area contributed by atoms with Crippen LogP contribution in [0.4, 0.5) is 25.0 Å². The topological polar surface area (TPSA) is 105 Å². The maximum atomic E-state index is 14.2. The number of nitrogens with one attached hydrogen (secondary N) is 2. The van der Waals surface area contributed by atoms with E-state index < -0.39 is 47.6 Å². The highest BCUT2D eigenvalue weighted by molar-refractivity contribution is 6.39. The fourth-order valence-electron chi connectivity index (χ4n) is 3.29. The number of hydrogen-bond donors (Lipinski definition) is 2. The number of benzene rings is 3. The van der Waals surface area contributed by atoms with Crippen molar-refractivity contribution in [3.63, 3.8) is 0 Å². The van der Waals surface area contributed by atoms with Crippen LogP contribution in [0.25, 0.3) is 6.08 Å². The number of rotatable bonds is 6. The molecule has 1 aliphatic rings. The number of carbonyl (C=O) groups excluding carboxylic acids is 4. The summed E-state index contributed by atoms with van der Waals surface area (Å²) in [5.41, 5.74) is -0.442. The SMILES string of the molecule is O=C(COc1ccc(/C=C2\C(=O)NC(=O)N(c3ccccc3F)C2=O)cc1Cl)Nc1ccccc1F. The number of carbonyl (C=O) groups is 4. The molecule has 0 radical (unpaired) electrons. The Morgan fingerprint density at radius 3 is 2.39 bits per heavy atom. The van der Waals surface area contributed by atoms with E-state index >= 15 is 0 Å². The summed E-state index contributed by atoms with van der Waals surface area (Å²) in [5.74, 6) is -3.90. The van der Waals surface area contributed by atoms with Crippen molar-refractivity contribution in [1.29, 1.82) is 0 Å². The lowest BCUT2D eigenvalue weighted by Crippen LogP contribution is -2.54. The zero-order valence-electron chi connectivity index (χ0n) is 18.3. The molecule has 0 aromatic heterocycles. The molecule has 2 N–H and O–H groups in total. The van der Waals surface area contributed by atoms with Gasteiger partial charge in [0.05, 0.1) is 16.4 Å². The number of barbiturate groups is 1. The smallest absolute Gasteiger partial charge is 0.336 e. The second-order valence-electron chi connectivity index (χ2n) is 7.42. The van der Waals surface area contributed by atoms with Crippen LogP contribution in [-0.4, -0.2) is 30.4 Å². The van der Waals surface area contributed by atoms with Gasteiger partial charge < -0.3 is 10.1 Å². The Balaban J connectivity index is 1.49. The normalized spacial score (nSPS) is 14.6. The van der Waals surface area contributed by atoms with E-state index in [9.17, 15) is 28.0 Å². The van der Waals surface area contributed by atoms with Gasteiger partial charge >= 0.3 is 6.03 Å². The fourth-order valence-corrected chi connectivity index (χ4v) is 3.54. The lowest BCUT2D eigenvalue weighted by Gasteiger charge is -2.26. The molecular weight excluding hydrogens is 496 g/mol. The quantitative estimate of drug-likeness (QED) is 0.379. The van der Waals surface area contributed by atoms with Crippen LogP contribution in [0.2, 0.25) is 5.02 Å². The van der Waals surface area contributed by atoms with E-state index in [0.29, 0.717) is 10.5 Å². The average molecular weight is 512 g/mol. The van der Waals surface area contributed by atoms with E-state index in [1.54, 1.807) is 6.07 Å². The lowest BCUT2D eigenvalue weighted by atomic mass is 10.1. The summed E-state index contributed by atoms with van der Waals surface area (Å²) < 4.78 is 33.2. The van der Waals surface area contributed by atoms with Crippen LogP contribution < -0.4 is 20.3 Å². The number of para-hydroxylation sites is 2. The molecule has 0 saturated carbocycles. The molecule has 1 heterocycles. The summed E-state index contributed by atoms with van der Waals surface area (Å²) >= 11 is 6.21. The van der Waals surface area contributed by atoms with Crippen LogP contribution in [0, 0.1) is 11.6 Å². The minimum absolute atomic E-state index is 0.00231. The molecular formula is C25H16ClF2N3O5. The van der Waals surface area contributed by atoms with Crippen molar-refractivity contribution in [3.05, 3.63) is 94.5 Å². The highest BCUT2D eigenvalue weighted by atomic mass is 35.5. The summed E-state index contributed by atoms with van der Waals surface area (Å²) in [6.07, 6.45) is 1.18. The maximum Gasteiger partial charge on any atom is 0.336 e. The Hall–Kier alpha value is -4.57. The second kappa shape index (κ2) is 10.4. The molecule has 1 aliphatic heterocycles. The predicted octanol–water partition coefficient (Wildman–Crippen LogP) is 4.30. The number of hydrogen-bond acceptors (Lipinski definition) is 5. The van der Waals surface area contributed by atoms with Gasteiger partial charge in [-0.25, -0.2) is 18.5 Å². The van der Waals surface area contributed by atoms with Crippen molar-refractivity contribution in [2.45, 2.75) is 0 Å². The first kappa shape index (κ1) is 24.6. The van der Waals surface area contributed by atoms with E-state index in [4.69, 9.17) is 16.3 Å². The van der Waals surface area contributed by atoms with Gasteiger partial charge in [-0.15, -0.1) is 0 Å². The summed E-state index contributed by atoms with van der Waals surface area (Å²) in [5, 5.41) is 4.42. The predicted molar refractivity (Wildman–Crippen MR) is 127 cm³/mol. The van der Waals surface area contributed by atoms with Crippen molar-refractivity contribution in [2.24, 2.45) is 0 Å². The van der Waals surface area contributed by atoms with E-state index in [2.05, 4.69) is 5.32 Å². The molecule has 3 aromatic rings. The minimum atomic E-state index is -1.08. The molecule has 1 saturated heterocycles. The van der Waals surface area contributed by atoms with Crippen molar-refractivity contribution < 1.29 is 32.7 Å². The minimum Gasteiger partial charge on any atom is -0.482 e. The Morgan fingerprint density at radius 1 is 1.00 bits per heavy atom. The zero-order chi connectivity index (χ0) is 25.8. The summed E-state index contributed by atoms with van der Waals surface area (Å²) in [6.45, 7) is -0.463. The average Bonchev–Trinajstić information content (AvgIpc) is 2.84. The first-order chi connectivity index (χ1) is 17.2. The van der Waals surface area contributed by atoms with Gasteiger partial charge in [-0.05, 0) is 48.0 Å². The second-order valence-corrected chi connectivity index (χ2v) is 7.82. The molecule has 0 aliphatic carbocycles. The molecule has 3 aromatic carbocycles. The van der Waals surface area contributed by atoms with E-state index in [1.165, 1.54) is 60.7 Å². The number of anilines is 2. The monoisotopic (exact) mass is 511 g/mol. The van der Waals surface area contributed by atoms with Crippen molar-refractivity contribution in [3.8, 4) is 5.75 Å². The van der Waals surface area contributed by atoms with E-state index in [1.807, 2.05) is 5.32 Å². The Labute approximate surface area is 208 Å². The molecule has 0 unspecified atom stereocenters. The number of urea groups is 1. The Kier molecular flexibility index (Phi) is 7.07. The van der Waals surface area contributed by atoms with Crippen molar-refractivity contribution >= 4 is 52.8 Å². The van der Waals surface area contributed by atoms with Gasteiger partial charge in [0, 0.05) is 0 Å². The molecule has 0 spiro atoms. The van der Waals surface area contributed by atoms with Crippen LogP contribution in [0.15, 0.2) is 72.3 Å². The van der Waals surface area contributed by atoms with Gasteiger partial charge in [-0.3, -0.25) is 19.7 Å². The van der Waals surface area contributed by atoms with Gasteiger partial charge in [0.2, 0.25) is 0 Å². The molecule has 5 amide bonds. The third kappa shape index (κ3) is 5.23. The molecule has 11 heteroatoms. The van der Waals surface area contributed by atoms with E-state index in [0.717, 1.165) is 6.07 Å². The van der Waals surface area contributed by atoms with Gasteiger partial charge in [0.25, 0.3) is 17.7 Å². The van der Waals surface area contributed by atoms with Crippen molar-refractivity contribution in [2.75, 3.05) is 16.8 Å². The van der Waals surface area contributed by atoms with Crippen molar-refractivity contribution in [1.82, 2.24) is 5.32 Å². The standard InChI is InChI=1S/C25H16ClF2N3O5/c26-16-12-14(9-10-21(16)36-13-22(32)29-19-7-3-1-5-17(19)27)11-15-23(33)30-25(35)31(24(15)34)20-8-4-2-6-18(20)28/h1-12H,13H2,(H,29,32)(H,30,33,35)/b15-11+. The number of ether oxygens (including phenoxy) is 1. The van der Waals surface area contributed by atoms with Crippen LogP contribution in [-0.2, 0) is 14.4 Å². The first-order valence-electron chi connectivity index (χ1n) is 10.4. The molecule has 36 heavy (non-hydrogen) atoms. The summed E-state index contributed by atoms with van der Waals surface area (Å²) in [6, 6.07) is 13.9. The number of nitrogens with zero attached hydrogens (tertiary/aromatic N) is 1. The van der Waals surface area contributed by atoms with Gasteiger partial charge in [0.1, 0.15) is 23.0 Å². The van der Waals surface area contributed by atoms with E-state index in [-0.39, 0.29) is 22.1 Å². The zero-order valence-corrected chi connectivity index (χ0v) is 19.0. The third-order valence-corrected chi connectivity index (χ3v) is 5.26. The fraction of sp³-hybridized carbons (Fsp3) is 0.0400. The number of halogens is 3. The van der Waals surface area contributed by atoms with Crippen LogP contribution in [0.5, 0.6) is 5.75 Å². The number of amides is 5. The Bertz CT molecular complexity index is 1430. The van der Waals surface area contributed by atoms with Gasteiger partial charge in [-0.1, -0.05) is 41.9 Å². The van der Waals surface area contributed by atoms with Crippen LogP contribution in [0.1, 0.15) is 5.56 Å².